The molecule has 19 heavy (non-hydrogen) atoms. The van der Waals surface area contributed by atoms with Crippen molar-refractivity contribution in [2.45, 2.75) is 20.1 Å². The van der Waals surface area contributed by atoms with E-state index in [0.29, 0.717) is 6.61 Å². The molecule has 0 aliphatic heterocycles. The molecule has 0 saturated heterocycles. The number of rotatable bonds is 5. The summed E-state index contributed by atoms with van der Waals surface area (Å²) in [5.41, 5.74) is 3.65. The topological polar surface area (TPSA) is 21.3 Å². The van der Waals surface area contributed by atoms with Crippen molar-refractivity contribution in [1.29, 1.82) is 0 Å². The molecule has 0 heterocycles. The van der Waals surface area contributed by atoms with Gasteiger partial charge in [0.1, 0.15) is 12.4 Å². The lowest BCUT2D eigenvalue weighted by Crippen LogP contribution is -2.07. The van der Waals surface area contributed by atoms with Crippen molar-refractivity contribution >= 4 is 12.4 Å². The van der Waals surface area contributed by atoms with E-state index in [1.54, 1.807) is 0 Å². The second-order valence-corrected chi connectivity index (χ2v) is 4.41. The van der Waals surface area contributed by atoms with Crippen molar-refractivity contribution in [3.05, 3.63) is 65.2 Å². The van der Waals surface area contributed by atoms with Gasteiger partial charge >= 0.3 is 0 Å². The Bertz CT molecular complexity index is 496. The molecule has 0 amide bonds. The molecule has 0 aliphatic carbocycles. The van der Waals surface area contributed by atoms with Gasteiger partial charge in [-0.05, 0) is 25.6 Å². The first-order valence-electron chi connectivity index (χ1n) is 6.20. The van der Waals surface area contributed by atoms with Gasteiger partial charge in [-0.3, -0.25) is 0 Å². The van der Waals surface area contributed by atoms with Crippen LogP contribution in [0.1, 0.15) is 16.7 Å². The number of para-hydroxylation sites is 1. The predicted octanol–water partition coefficient (Wildman–Crippen LogP) is 3.72. The SMILES string of the molecule is CNCc1ccccc1OCc1ccc(C)cc1.Cl. The molecule has 0 radical (unpaired) electrons. The highest BCUT2D eigenvalue weighted by Crippen LogP contribution is 2.19. The van der Waals surface area contributed by atoms with Crippen LogP contribution in [0.2, 0.25) is 0 Å². The van der Waals surface area contributed by atoms with Crippen molar-refractivity contribution in [1.82, 2.24) is 5.32 Å². The van der Waals surface area contributed by atoms with Gasteiger partial charge in [0.25, 0.3) is 0 Å². The van der Waals surface area contributed by atoms with Crippen LogP contribution in [0.3, 0.4) is 0 Å². The van der Waals surface area contributed by atoms with Crippen molar-refractivity contribution in [2.24, 2.45) is 0 Å². The Hall–Kier alpha value is -1.51. The molecule has 0 unspecified atom stereocenters. The third-order valence-electron chi connectivity index (χ3n) is 2.85. The summed E-state index contributed by atoms with van der Waals surface area (Å²) in [6.45, 7) is 3.53. The average Bonchev–Trinajstić information content (AvgIpc) is 2.40. The third-order valence-corrected chi connectivity index (χ3v) is 2.85. The van der Waals surface area contributed by atoms with Gasteiger partial charge in [-0.25, -0.2) is 0 Å². The van der Waals surface area contributed by atoms with E-state index in [1.807, 2.05) is 25.2 Å². The molecule has 2 aromatic rings. The Labute approximate surface area is 121 Å². The van der Waals surface area contributed by atoms with E-state index in [9.17, 15) is 0 Å². The first kappa shape index (κ1) is 15.5. The summed E-state index contributed by atoms with van der Waals surface area (Å²) in [6, 6.07) is 16.6. The standard InChI is InChI=1S/C16H19NO.ClH/c1-13-7-9-14(10-8-13)12-18-16-6-4-3-5-15(16)11-17-2;/h3-10,17H,11-12H2,1-2H3;1H. The lowest BCUT2D eigenvalue weighted by molar-refractivity contribution is 0.302. The molecule has 2 nitrogen and oxygen atoms in total. The Morgan fingerprint density at radius 1 is 1.00 bits per heavy atom. The van der Waals surface area contributed by atoms with Crippen LogP contribution in [-0.4, -0.2) is 7.05 Å². The van der Waals surface area contributed by atoms with Gasteiger partial charge in [-0.15, -0.1) is 12.4 Å². The highest BCUT2D eigenvalue weighted by molar-refractivity contribution is 5.85. The van der Waals surface area contributed by atoms with Gasteiger partial charge in [0.15, 0.2) is 0 Å². The Kier molecular flexibility index (Phi) is 6.40. The third kappa shape index (κ3) is 4.58. The zero-order chi connectivity index (χ0) is 12.8. The lowest BCUT2D eigenvalue weighted by atomic mass is 10.1. The van der Waals surface area contributed by atoms with E-state index in [-0.39, 0.29) is 12.4 Å². The molecular formula is C16H20ClNO. The molecule has 1 N–H and O–H groups in total. The molecule has 2 rings (SSSR count). The van der Waals surface area contributed by atoms with Crippen LogP contribution in [0, 0.1) is 6.92 Å². The number of nitrogens with one attached hydrogen (secondary N) is 1. The van der Waals surface area contributed by atoms with Gasteiger partial charge in [0.2, 0.25) is 0 Å². The number of halogens is 1. The maximum atomic E-state index is 5.88. The molecular weight excluding hydrogens is 258 g/mol. The Morgan fingerprint density at radius 3 is 2.37 bits per heavy atom. The molecule has 2 aromatic carbocycles. The maximum absolute atomic E-state index is 5.88. The van der Waals surface area contributed by atoms with E-state index in [4.69, 9.17) is 4.74 Å². The van der Waals surface area contributed by atoms with Crippen LogP contribution in [0.15, 0.2) is 48.5 Å². The molecule has 0 fully saturated rings. The number of hydrogen-bond acceptors (Lipinski definition) is 2. The number of benzene rings is 2. The van der Waals surface area contributed by atoms with Crippen molar-refractivity contribution in [3.63, 3.8) is 0 Å². The fraction of sp³-hybridized carbons (Fsp3) is 0.250. The normalized spacial score (nSPS) is 9.79. The Balaban J connectivity index is 0.00000180. The summed E-state index contributed by atoms with van der Waals surface area (Å²) in [4.78, 5) is 0. The predicted molar refractivity (Wildman–Crippen MR) is 82.0 cm³/mol. The molecule has 0 spiro atoms. The smallest absolute Gasteiger partial charge is 0.124 e. The quantitative estimate of drug-likeness (QED) is 0.899. The van der Waals surface area contributed by atoms with E-state index >= 15 is 0 Å². The number of hydrogen-bond donors (Lipinski definition) is 1. The molecule has 0 saturated carbocycles. The minimum Gasteiger partial charge on any atom is -0.489 e. The summed E-state index contributed by atoms with van der Waals surface area (Å²) in [6.07, 6.45) is 0. The monoisotopic (exact) mass is 277 g/mol. The Morgan fingerprint density at radius 2 is 1.68 bits per heavy atom. The second-order valence-electron chi connectivity index (χ2n) is 4.41. The zero-order valence-electron chi connectivity index (χ0n) is 11.3. The molecule has 3 heteroatoms. The van der Waals surface area contributed by atoms with Crippen LogP contribution in [0.4, 0.5) is 0 Å². The highest BCUT2D eigenvalue weighted by Gasteiger charge is 2.02. The van der Waals surface area contributed by atoms with Crippen LogP contribution in [-0.2, 0) is 13.2 Å². The summed E-state index contributed by atoms with van der Waals surface area (Å²) < 4.78 is 5.88. The van der Waals surface area contributed by atoms with Crippen LogP contribution >= 0.6 is 12.4 Å². The summed E-state index contributed by atoms with van der Waals surface area (Å²) in [5.74, 6) is 0.951. The minimum atomic E-state index is 0. The fourth-order valence-corrected chi connectivity index (χ4v) is 1.83. The first-order valence-corrected chi connectivity index (χ1v) is 6.20. The fourth-order valence-electron chi connectivity index (χ4n) is 1.83. The van der Waals surface area contributed by atoms with Crippen LogP contribution in [0.5, 0.6) is 5.75 Å². The molecule has 102 valence electrons. The molecule has 0 aliphatic rings. The first-order chi connectivity index (χ1) is 8.79. The summed E-state index contributed by atoms with van der Waals surface area (Å²) >= 11 is 0. The van der Waals surface area contributed by atoms with Crippen molar-refractivity contribution < 1.29 is 4.74 Å². The van der Waals surface area contributed by atoms with Gasteiger partial charge in [-0.1, -0.05) is 48.0 Å². The second kappa shape index (κ2) is 7.82. The molecule has 0 atom stereocenters. The minimum absolute atomic E-state index is 0. The average molecular weight is 278 g/mol. The van der Waals surface area contributed by atoms with E-state index in [0.717, 1.165) is 12.3 Å². The van der Waals surface area contributed by atoms with E-state index < -0.39 is 0 Å². The summed E-state index contributed by atoms with van der Waals surface area (Å²) in [7, 11) is 1.94. The van der Waals surface area contributed by atoms with Crippen LogP contribution in [0.25, 0.3) is 0 Å². The lowest BCUT2D eigenvalue weighted by Gasteiger charge is -2.11. The summed E-state index contributed by atoms with van der Waals surface area (Å²) in [5, 5.41) is 3.15. The highest BCUT2D eigenvalue weighted by atomic mass is 35.5. The molecule has 0 bridgehead atoms. The van der Waals surface area contributed by atoms with Gasteiger partial charge in [0.05, 0.1) is 0 Å². The maximum Gasteiger partial charge on any atom is 0.124 e. The van der Waals surface area contributed by atoms with Crippen molar-refractivity contribution in [2.75, 3.05) is 7.05 Å². The van der Waals surface area contributed by atoms with E-state index in [1.165, 1.54) is 16.7 Å². The van der Waals surface area contributed by atoms with Crippen LogP contribution < -0.4 is 10.1 Å². The van der Waals surface area contributed by atoms with Gasteiger partial charge in [-0.2, -0.15) is 0 Å². The van der Waals surface area contributed by atoms with Crippen molar-refractivity contribution in [3.8, 4) is 5.75 Å². The van der Waals surface area contributed by atoms with E-state index in [2.05, 4.69) is 42.6 Å². The number of ether oxygens (including phenoxy) is 1. The molecule has 0 aromatic heterocycles. The van der Waals surface area contributed by atoms with Gasteiger partial charge < -0.3 is 10.1 Å². The largest absolute Gasteiger partial charge is 0.489 e. The number of aryl methyl sites for hydroxylation is 1. The van der Waals surface area contributed by atoms with Gasteiger partial charge in [0, 0.05) is 12.1 Å². The zero-order valence-corrected chi connectivity index (χ0v) is 12.2.